The fourth-order valence-electron chi connectivity index (χ4n) is 3.28. The van der Waals surface area contributed by atoms with Gasteiger partial charge in [-0.25, -0.2) is 0 Å². The molecule has 2 rings (SSSR count). The fraction of sp³-hybridized carbons (Fsp3) is 0.667. The molecule has 0 bridgehead atoms. The Morgan fingerprint density at radius 3 is 2.42 bits per heavy atom. The van der Waals surface area contributed by atoms with Gasteiger partial charge in [0.15, 0.2) is 0 Å². The molecule has 1 nitrogen and oxygen atoms in total. The quantitative estimate of drug-likeness (QED) is 0.778. The van der Waals surface area contributed by atoms with Crippen LogP contribution in [0.3, 0.4) is 0 Å². The lowest BCUT2D eigenvalue weighted by molar-refractivity contribution is 0.280. The van der Waals surface area contributed by atoms with Gasteiger partial charge >= 0.3 is 0 Å². The molecule has 0 spiro atoms. The molecule has 1 aliphatic carbocycles. The highest BCUT2D eigenvalue weighted by Gasteiger charge is 2.19. The van der Waals surface area contributed by atoms with Gasteiger partial charge in [0, 0.05) is 6.04 Å². The molecule has 0 heterocycles. The number of rotatable bonds is 6. The Morgan fingerprint density at radius 2 is 1.74 bits per heavy atom. The van der Waals surface area contributed by atoms with Crippen LogP contribution in [0.2, 0.25) is 0 Å². The van der Waals surface area contributed by atoms with Gasteiger partial charge in [-0.3, -0.25) is 0 Å². The summed E-state index contributed by atoms with van der Waals surface area (Å²) < 4.78 is 0. The highest BCUT2D eigenvalue weighted by molar-refractivity contribution is 5.18. The average molecular weight is 259 g/mol. The van der Waals surface area contributed by atoms with Crippen LogP contribution in [0.4, 0.5) is 0 Å². The number of nitrogens with one attached hydrogen (secondary N) is 1. The van der Waals surface area contributed by atoms with Gasteiger partial charge < -0.3 is 5.32 Å². The van der Waals surface area contributed by atoms with Crippen molar-refractivity contribution in [3.8, 4) is 0 Å². The summed E-state index contributed by atoms with van der Waals surface area (Å²) in [7, 11) is 0. The lowest BCUT2D eigenvalue weighted by Gasteiger charge is -2.28. The predicted molar refractivity (Wildman–Crippen MR) is 83.5 cm³/mol. The predicted octanol–water partition coefficient (Wildman–Crippen LogP) is 4.74. The molecule has 2 atom stereocenters. The van der Waals surface area contributed by atoms with Crippen LogP contribution in [0.25, 0.3) is 0 Å². The molecule has 0 saturated heterocycles. The number of hydrogen-bond donors (Lipinski definition) is 1. The lowest BCUT2D eigenvalue weighted by Crippen LogP contribution is -2.35. The zero-order valence-electron chi connectivity index (χ0n) is 12.6. The fourth-order valence-corrected chi connectivity index (χ4v) is 3.28. The molecule has 1 saturated carbocycles. The van der Waals surface area contributed by atoms with Crippen molar-refractivity contribution >= 4 is 0 Å². The average Bonchev–Trinajstić information content (AvgIpc) is 2.49. The molecule has 0 radical (unpaired) electrons. The third-order valence-corrected chi connectivity index (χ3v) is 4.77. The maximum Gasteiger partial charge on any atom is 0.00670 e. The van der Waals surface area contributed by atoms with Crippen LogP contribution in [0, 0.1) is 5.92 Å². The first-order valence-electron chi connectivity index (χ1n) is 8.05. The highest BCUT2D eigenvalue weighted by Crippen LogP contribution is 2.26. The van der Waals surface area contributed by atoms with Crippen LogP contribution in [0.1, 0.15) is 63.9 Å². The lowest BCUT2D eigenvalue weighted by atomic mass is 9.84. The van der Waals surface area contributed by atoms with Crippen molar-refractivity contribution in [1.82, 2.24) is 5.32 Å². The summed E-state index contributed by atoms with van der Waals surface area (Å²) in [6.45, 7) is 5.86. The molecule has 1 aromatic carbocycles. The minimum absolute atomic E-state index is 0.659. The van der Waals surface area contributed by atoms with Crippen molar-refractivity contribution in [2.24, 2.45) is 5.92 Å². The Balaban J connectivity index is 1.68. The smallest absolute Gasteiger partial charge is 0.00670 e. The van der Waals surface area contributed by atoms with Crippen molar-refractivity contribution < 1.29 is 0 Å². The van der Waals surface area contributed by atoms with Gasteiger partial charge in [0.1, 0.15) is 0 Å². The van der Waals surface area contributed by atoms with Crippen LogP contribution in [0.15, 0.2) is 30.3 Å². The second kappa shape index (κ2) is 7.69. The summed E-state index contributed by atoms with van der Waals surface area (Å²) in [6, 6.07) is 11.6. The standard InChI is InChI=1S/C18H29N/c1-15(17-9-5-3-6-10-17)13-14-19-16(2)18-11-7-4-8-12-18/h3,5-6,9-10,15-16,18-19H,4,7-8,11-14H2,1-2H3. The largest absolute Gasteiger partial charge is 0.314 e. The van der Waals surface area contributed by atoms with Gasteiger partial charge in [-0.05, 0) is 50.1 Å². The molecule has 0 amide bonds. The number of hydrogen-bond acceptors (Lipinski definition) is 1. The van der Waals surface area contributed by atoms with E-state index in [1.165, 1.54) is 44.1 Å². The highest BCUT2D eigenvalue weighted by atomic mass is 14.9. The summed E-state index contributed by atoms with van der Waals surface area (Å²) in [4.78, 5) is 0. The SMILES string of the molecule is CC(CCNC(C)C1CCCCC1)c1ccccc1. The minimum Gasteiger partial charge on any atom is -0.314 e. The second-order valence-corrected chi connectivity index (χ2v) is 6.24. The van der Waals surface area contributed by atoms with Gasteiger partial charge in [-0.2, -0.15) is 0 Å². The van der Waals surface area contributed by atoms with Crippen molar-refractivity contribution in [2.45, 2.75) is 64.3 Å². The van der Waals surface area contributed by atoms with Crippen LogP contribution >= 0.6 is 0 Å². The molecule has 19 heavy (non-hydrogen) atoms. The molecule has 1 heteroatoms. The van der Waals surface area contributed by atoms with Crippen LogP contribution in [-0.4, -0.2) is 12.6 Å². The zero-order chi connectivity index (χ0) is 13.5. The Bertz CT molecular complexity index is 340. The number of benzene rings is 1. The maximum atomic E-state index is 3.75. The molecule has 1 N–H and O–H groups in total. The summed E-state index contributed by atoms with van der Waals surface area (Å²) in [5, 5.41) is 3.75. The van der Waals surface area contributed by atoms with Crippen molar-refractivity contribution in [3.63, 3.8) is 0 Å². The van der Waals surface area contributed by atoms with Gasteiger partial charge in [0.2, 0.25) is 0 Å². The summed E-state index contributed by atoms with van der Waals surface area (Å²) in [5.74, 6) is 1.58. The van der Waals surface area contributed by atoms with E-state index >= 15 is 0 Å². The van der Waals surface area contributed by atoms with Crippen LogP contribution in [0.5, 0.6) is 0 Å². The van der Waals surface area contributed by atoms with Crippen LogP contribution in [-0.2, 0) is 0 Å². The molecule has 0 aromatic heterocycles. The molecular formula is C18H29N. The molecule has 2 unspecified atom stereocenters. The topological polar surface area (TPSA) is 12.0 Å². The zero-order valence-corrected chi connectivity index (χ0v) is 12.6. The van der Waals surface area contributed by atoms with E-state index in [0.29, 0.717) is 12.0 Å². The van der Waals surface area contributed by atoms with Gasteiger partial charge in [0.05, 0.1) is 0 Å². The van der Waals surface area contributed by atoms with Gasteiger partial charge in [-0.15, -0.1) is 0 Å². The molecule has 106 valence electrons. The van der Waals surface area contributed by atoms with Crippen molar-refractivity contribution in [2.75, 3.05) is 6.54 Å². The minimum atomic E-state index is 0.659. The third kappa shape index (κ3) is 4.65. The van der Waals surface area contributed by atoms with Crippen molar-refractivity contribution in [3.05, 3.63) is 35.9 Å². The first kappa shape index (κ1) is 14.6. The molecule has 1 fully saturated rings. The normalized spacial score (nSPS) is 20.1. The van der Waals surface area contributed by atoms with E-state index in [9.17, 15) is 0 Å². The molecule has 0 aliphatic heterocycles. The summed E-state index contributed by atoms with van der Waals surface area (Å²) in [6.07, 6.45) is 8.44. The first-order chi connectivity index (χ1) is 9.27. The monoisotopic (exact) mass is 259 g/mol. The van der Waals surface area contributed by atoms with Crippen LogP contribution < -0.4 is 5.32 Å². The van der Waals surface area contributed by atoms with E-state index in [4.69, 9.17) is 0 Å². The van der Waals surface area contributed by atoms with E-state index < -0.39 is 0 Å². The summed E-state index contributed by atoms with van der Waals surface area (Å²) >= 11 is 0. The Kier molecular flexibility index (Phi) is 5.91. The molecular weight excluding hydrogens is 230 g/mol. The molecule has 1 aromatic rings. The van der Waals surface area contributed by atoms with Gasteiger partial charge in [0.25, 0.3) is 0 Å². The van der Waals surface area contributed by atoms with E-state index in [2.05, 4.69) is 49.5 Å². The molecule has 1 aliphatic rings. The second-order valence-electron chi connectivity index (χ2n) is 6.24. The van der Waals surface area contributed by atoms with E-state index in [-0.39, 0.29) is 0 Å². The maximum absolute atomic E-state index is 3.75. The third-order valence-electron chi connectivity index (χ3n) is 4.77. The Labute approximate surface area is 118 Å². The summed E-state index contributed by atoms with van der Waals surface area (Å²) in [5.41, 5.74) is 1.47. The van der Waals surface area contributed by atoms with Gasteiger partial charge in [-0.1, -0.05) is 56.5 Å². The Morgan fingerprint density at radius 1 is 1.05 bits per heavy atom. The van der Waals surface area contributed by atoms with E-state index in [1.807, 2.05) is 0 Å². The Hall–Kier alpha value is -0.820. The van der Waals surface area contributed by atoms with E-state index in [0.717, 1.165) is 12.5 Å². The van der Waals surface area contributed by atoms with Crippen molar-refractivity contribution in [1.29, 1.82) is 0 Å². The first-order valence-corrected chi connectivity index (χ1v) is 8.05. The van der Waals surface area contributed by atoms with E-state index in [1.54, 1.807) is 0 Å².